The number of thioether (sulfide) groups is 1. The van der Waals surface area contributed by atoms with Crippen LogP contribution in [0.15, 0.2) is 71.6 Å². The average molecular weight is 567 g/mol. The van der Waals surface area contributed by atoms with Gasteiger partial charge in [0.1, 0.15) is 12.4 Å². The molecule has 0 spiro atoms. The first kappa shape index (κ1) is 28.1. The van der Waals surface area contributed by atoms with Crippen molar-refractivity contribution in [3.05, 3.63) is 87.8 Å². The number of ether oxygens (including phenoxy) is 3. The van der Waals surface area contributed by atoms with Crippen molar-refractivity contribution in [1.29, 1.82) is 0 Å². The van der Waals surface area contributed by atoms with Crippen molar-refractivity contribution in [2.45, 2.75) is 13.8 Å². The van der Waals surface area contributed by atoms with Gasteiger partial charge in [0.2, 0.25) is 0 Å². The first-order valence-corrected chi connectivity index (χ1v) is 13.4. The van der Waals surface area contributed by atoms with Gasteiger partial charge in [-0.25, -0.2) is 0 Å². The van der Waals surface area contributed by atoms with Crippen molar-refractivity contribution in [3.63, 3.8) is 0 Å². The van der Waals surface area contributed by atoms with Gasteiger partial charge in [0, 0.05) is 5.69 Å². The molecule has 10 heteroatoms. The van der Waals surface area contributed by atoms with E-state index in [4.69, 9.17) is 25.8 Å². The number of para-hydroxylation sites is 1. The van der Waals surface area contributed by atoms with Crippen molar-refractivity contribution in [3.8, 4) is 17.2 Å². The smallest absolute Gasteiger partial charge is 0.293 e. The molecule has 3 aromatic rings. The molecule has 1 N–H and O–H groups in total. The van der Waals surface area contributed by atoms with Crippen LogP contribution in [0.4, 0.5) is 10.5 Å². The molecular weight excluding hydrogens is 540 g/mol. The molecule has 0 radical (unpaired) electrons. The maximum Gasteiger partial charge on any atom is 0.293 e. The predicted octanol–water partition coefficient (Wildman–Crippen LogP) is 6.18. The lowest BCUT2D eigenvalue weighted by Crippen LogP contribution is -2.32. The predicted molar refractivity (Wildman–Crippen MR) is 153 cm³/mol. The van der Waals surface area contributed by atoms with E-state index in [1.54, 1.807) is 54.6 Å². The van der Waals surface area contributed by atoms with Crippen molar-refractivity contribution in [1.82, 2.24) is 4.90 Å². The topological polar surface area (TPSA) is 94.2 Å². The average Bonchev–Trinajstić information content (AvgIpc) is 3.17. The lowest BCUT2D eigenvalue weighted by molar-refractivity contribution is -0.123. The van der Waals surface area contributed by atoms with Crippen LogP contribution < -0.4 is 19.5 Å². The highest BCUT2D eigenvalue weighted by atomic mass is 35.5. The molecule has 1 heterocycles. The van der Waals surface area contributed by atoms with Crippen LogP contribution in [-0.2, 0) is 9.59 Å². The molecule has 0 unspecified atom stereocenters. The number of rotatable bonds is 11. The first-order chi connectivity index (χ1) is 18.8. The van der Waals surface area contributed by atoms with Gasteiger partial charge in [-0.2, -0.15) is 0 Å². The van der Waals surface area contributed by atoms with Gasteiger partial charge in [-0.05, 0) is 79.2 Å². The molecule has 1 aliphatic heterocycles. The molecule has 0 saturated carbocycles. The molecular formula is C29H27ClN2O6S. The highest BCUT2D eigenvalue weighted by Gasteiger charge is 2.34. The van der Waals surface area contributed by atoms with Crippen molar-refractivity contribution in [2.75, 3.05) is 31.7 Å². The van der Waals surface area contributed by atoms with Gasteiger partial charge in [0.25, 0.3) is 17.1 Å². The Balaban J connectivity index is 1.38. The van der Waals surface area contributed by atoms with Crippen LogP contribution >= 0.6 is 23.4 Å². The number of anilines is 1. The van der Waals surface area contributed by atoms with Gasteiger partial charge in [0.05, 0.1) is 23.1 Å². The third-order valence-corrected chi connectivity index (χ3v) is 6.73. The summed E-state index contributed by atoms with van der Waals surface area (Å²) in [5.74, 6) is 0.582. The van der Waals surface area contributed by atoms with Gasteiger partial charge in [-0.1, -0.05) is 41.9 Å². The quantitative estimate of drug-likeness (QED) is 0.277. The Morgan fingerprint density at radius 1 is 0.974 bits per heavy atom. The number of imide groups is 1. The monoisotopic (exact) mass is 566 g/mol. The maximum absolute atomic E-state index is 12.9. The van der Waals surface area contributed by atoms with E-state index >= 15 is 0 Å². The SMILES string of the molecule is CCOc1cc(/C=C2\SC(=O)N(CCOc3ccccc3Cl)C2=O)ccc1OCC(=O)Nc1cccc(C)c1. The summed E-state index contributed by atoms with van der Waals surface area (Å²) < 4.78 is 17.0. The summed E-state index contributed by atoms with van der Waals surface area (Å²) in [4.78, 5) is 39.1. The van der Waals surface area contributed by atoms with Crippen LogP contribution in [0.3, 0.4) is 0 Å². The van der Waals surface area contributed by atoms with Crippen LogP contribution in [0.2, 0.25) is 5.02 Å². The molecule has 1 saturated heterocycles. The van der Waals surface area contributed by atoms with Gasteiger partial charge in [-0.15, -0.1) is 0 Å². The van der Waals surface area contributed by atoms with Crippen molar-refractivity contribution >= 4 is 52.2 Å². The van der Waals surface area contributed by atoms with E-state index in [9.17, 15) is 14.4 Å². The minimum atomic E-state index is -0.404. The van der Waals surface area contributed by atoms with E-state index in [0.29, 0.717) is 40.1 Å². The lowest BCUT2D eigenvalue weighted by Gasteiger charge is -2.14. The Kier molecular flexibility index (Phi) is 9.51. The highest BCUT2D eigenvalue weighted by Crippen LogP contribution is 2.35. The molecule has 3 aromatic carbocycles. The standard InChI is InChI=1S/C29H27ClN2O6S/c1-3-36-25-16-20(11-12-24(25)38-18-27(33)31-21-8-6-7-19(2)15-21)17-26-28(34)32(29(35)39-26)13-14-37-23-10-5-4-9-22(23)30/h4-12,15-17H,3,13-14,18H2,1-2H3,(H,31,33)/b26-17-. The first-order valence-electron chi connectivity index (χ1n) is 12.2. The molecule has 0 aliphatic carbocycles. The lowest BCUT2D eigenvalue weighted by atomic mass is 10.2. The van der Waals surface area contributed by atoms with Gasteiger partial charge in [-0.3, -0.25) is 19.3 Å². The van der Waals surface area contributed by atoms with Gasteiger partial charge < -0.3 is 19.5 Å². The van der Waals surface area contributed by atoms with Crippen LogP contribution in [-0.4, -0.2) is 48.3 Å². The van der Waals surface area contributed by atoms with E-state index in [2.05, 4.69) is 5.32 Å². The van der Waals surface area contributed by atoms with E-state index in [1.165, 1.54) is 0 Å². The Morgan fingerprint density at radius 2 is 1.79 bits per heavy atom. The van der Waals surface area contributed by atoms with Gasteiger partial charge in [0.15, 0.2) is 18.1 Å². The molecule has 39 heavy (non-hydrogen) atoms. The highest BCUT2D eigenvalue weighted by molar-refractivity contribution is 8.18. The van der Waals surface area contributed by atoms with Crippen LogP contribution in [0.5, 0.6) is 17.2 Å². The number of hydrogen-bond acceptors (Lipinski definition) is 7. The van der Waals surface area contributed by atoms with Crippen LogP contribution in [0.1, 0.15) is 18.1 Å². The molecule has 3 amide bonds. The zero-order valence-corrected chi connectivity index (χ0v) is 23.0. The fraction of sp³-hybridized carbons (Fsp3) is 0.207. The third-order valence-electron chi connectivity index (χ3n) is 5.51. The summed E-state index contributed by atoms with van der Waals surface area (Å²) in [7, 11) is 0. The molecule has 8 nitrogen and oxygen atoms in total. The summed E-state index contributed by atoms with van der Waals surface area (Å²) in [6.07, 6.45) is 1.62. The second-order valence-corrected chi connectivity index (χ2v) is 9.86. The normalized spacial score (nSPS) is 14.0. The number of amides is 3. The maximum atomic E-state index is 12.9. The van der Waals surface area contributed by atoms with Crippen LogP contribution in [0, 0.1) is 6.92 Å². The summed E-state index contributed by atoms with van der Waals surface area (Å²) in [5.41, 5.74) is 2.37. The fourth-order valence-electron chi connectivity index (χ4n) is 3.72. The van der Waals surface area contributed by atoms with E-state index in [-0.39, 0.29) is 35.8 Å². The van der Waals surface area contributed by atoms with E-state index in [1.807, 2.05) is 32.0 Å². The minimum Gasteiger partial charge on any atom is -0.490 e. The number of benzene rings is 3. The Morgan fingerprint density at radius 3 is 2.56 bits per heavy atom. The van der Waals surface area contributed by atoms with E-state index < -0.39 is 5.91 Å². The van der Waals surface area contributed by atoms with E-state index in [0.717, 1.165) is 22.2 Å². The largest absolute Gasteiger partial charge is 0.490 e. The number of aryl methyl sites for hydroxylation is 1. The summed E-state index contributed by atoms with van der Waals surface area (Å²) in [6.45, 7) is 4.15. The number of halogens is 1. The summed E-state index contributed by atoms with van der Waals surface area (Å²) >= 11 is 6.94. The Labute approximate surface area is 235 Å². The number of carbonyl (C=O) groups is 3. The molecule has 0 bridgehead atoms. The summed E-state index contributed by atoms with van der Waals surface area (Å²) in [5, 5.41) is 2.88. The van der Waals surface area contributed by atoms with Crippen LogP contribution in [0.25, 0.3) is 6.08 Å². The zero-order valence-electron chi connectivity index (χ0n) is 21.4. The Bertz CT molecular complexity index is 1410. The minimum absolute atomic E-state index is 0.0921. The van der Waals surface area contributed by atoms with Gasteiger partial charge >= 0.3 is 0 Å². The molecule has 1 aliphatic rings. The third kappa shape index (κ3) is 7.55. The number of nitrogens with zero attached hydrogens (tertiary/aromatic N) is 1. The number of hydrogen-bond donors (Lipinski definition) is 1. The second kappa shape index (κ2) is 13.2. The molecule has 202 valence electrons. The second-order valence-electron chi connectivity index (χ2n) is 8.46. The Hall–Kier alpha value is -3.95. The van der Waals surface area contributed by atoms with Crippen molar-refractivity contribution < 1.29 is 28.6 Å². The molecule has 0 atom stereocenters. The fourth-order valence-corrected chi connectivity index (χ4v) is 4.77. The van der Waals surface area contributed by atoms with Crippen molar-refractivity contribution in [2.24, 2.45) is 0 Å². The molecule has 0 aromatic heterocycles. The molecule has 1 fully saturated rings. The zero-order chi connectivity index (χ0) is 27.8. The number of carbonyl (C=O) groups excluding carboxylic acids is 3. The summed E-state index contributed by atoms with van der Waals surface area (Å²) in [6, 6.07) is 19.6. The molecule has 4 rings (SSSR count). The number of nitrogens with one attached hydrogen (secondary N) is 1.